The van der Waals surface area contributed by atoms with Gasteiger partial charge in [-0.25, -0.2) is 9.97 Å². The Morgan fingerprint density at radius 2 is 0.808 bits per heavy atom. The minimum absolute atomic E-state index is 0.936. The lowest BCUT2D eigenvalue weighted by Gasteiger charge is -2.13. The average Bonchev–Trinajstić information content (AvgIpc) is 3.93. The molecular weight excluding hydrogens is 673 g/mol. The Labute approximate surface area is 315 Å². The summed E-state index contributed by atoms with van der Waals surface area (Å²) in [4.78, 5) is 23.9. The summed E-state index contributed by atoms with van der Waals surface area (Å²) >= 11 is 3.75. The number of aryl methyl sites for hydroxylation is 8. The molecule has 0 spiro atoms. The highest BCUT2D eigenvalue weighted by molar-refractivity contribution is 7.12. The van der Waals surface area contributed by atoms with E-state index in [9.17, 15) is 0 Å². The van der Waals surface area contributed by atoms with Crippen LogP contribution in [0.3, 0.4) is 0 Å². The van der Waals surface area contributed by atoms with Crippen molar-refractivity contribution in [3.8, 4) is 44.8 Å². The maximum absolute atomic E-state index is 5.49. The highest BCUT2D eigenvalue weighted by Gasteiger charge is 2.25. The summed E-state index contributed by atoms with van der Waals surface area (Å²) in [7, 11) is 0. The Kier molecular flexibility index (Phi) is 8.74. The molecule has 8 rings (SSSR count). The normalized spacial score (nSPS) is 12.7. The summed E-state index contributed by atoms with van der Waals surface area (Å²) in [6.45, 7) is 22.5. The maximum atomic E-state index is 5.49. The average molecular weight is 721 g/mol. The Morgan fingerprint density at radius 3 is 1.15 bits per heavy atom. The Morgan fingerprint density at radius 1 is 0.423 bits per heavy atom. The van der Waals surface area contributed by atoms with Gasteiger partial charge in [0.25, 0.3) is 0 Å². The summed E-state index contributed by atoms with van der Waals surface area (Å²) < 4.78 is 0. The van der Waals surface area contributed by atoms with Gasteiger partial charge in [0.05, 0.1) is 22.8 Å². The number of aromatic nitrogens is 4. The lowest BCUT2D eigenvalue weighted by atomic mass is 9.89. The Bertz CT molecular complexity index is 2460. The molecule has 0 atom stereocenters. The predicted octanol–water partition coefficient (Wildman–Crippen LogP) is 13.8. The highest BCUT2D eigenvalue weighted by Crippen LogP contribution is 2.48. The number of hydrogen-bond donors (Lipinski definition) is 2. The topological polar surface area (TPSA) is 57.4 Å². The molecule has 5 aromatic heterocycles. The van der Waals surface area contributed by atoms with E-state index in [1.807, 2.05) is 22.7 Å². The second kappa shape index (κ2) is 13.2. The van der Waals surface area contributed by atoms with Crippen molar-refractivity contribution in [3.05, 3.63) is 102 Å². The molecule has 2 aliphatic rings. The van der Waals surface area contributed by atoms with E-state index in [4.69, 9.17) is 9.97 Å². The third-order valence-corrected chi connectivity index (χ3v) is 13.2. The van der Waals surface area contributed by atoms with Crippen molar-refractivity contribution in [1.82, 2.24) is 19.9 Å². The fourth-order valence-electron chi connectivity index (χ4n) is 8.69. The van der Waals surface area contributed by atoms with Gasteiger partial charge >= 0.3 is 0 Å². The number of benzene rings is 1. The molecule has 6 heteroatoms. The monoisotopic (exact) mass is 720 g/mol. The molecule has 8 bridgehead atoms. The zero-order valence-corrected chi connectivity index (χ0v) is 33.8. The van der Waals surface area contributed by atoms with Gasteiger partial charge in [0.15, 0.2) is 0 Å². The van der Waals surface area contributed by atoms with Crippen LogP contribution in [0, 0.1) is 41.5 Å². The van der Waals surface area contributed by atoms with Crippen LogP contribution in [0.25, 0.3) is 78.0 Å². The zero-order valence-electron chi connectivity index (χ0n) is 32.2. The summed E-state index contributed by atoms with van der Waals surface area (Å²) in [5.74, 6) is 0. The van der Waals surface area contributed by atoms with Gasteiger partial charge in [-0.3, -0.25) is 0 Å². The number of aromatic amines is 2. The van der Waals surface area contributed by atoms with E-state index >= 15 is 0 Å². The first kappa shape index (κ1) is 34.6. The second-order valence-electron chi connectivity index (χ2n) is 14.4. The number of nitrogens with zero attached hydrogens (tertiary/aromatic N) is 2. The molecule has 0 fully saturated rings. The molecule has 0 saturated heterocycles. The van der Waals surface area contributed by atoms with Crippen molar-refractivity contribution in [3.63, 3.8) is 0 Å². The molecule has 7 heterocycles. The SMILES string of the molecule is CCC1=C(CC)c2cc3[nH]c(cc4nc(cc5[nH]c(cc1n2)c(CC)c5C)-c1cc(-c2cc(C)sc2C)c(-c2cc(C)sc2C)cc1-4)c(C)c3CC. The van der Waals surface area contributed by atoms with Crippen molar-refractivity contribution in [1.29, 1.82) is 0 Å². The van der Waals surface area contributed by atoms with Crippen LogP contribution in [0.4, 0.5) is 0 Å². The van der Waals surface area contributed by atoms with Gasteiger partial charge in [0.2, 0.25) is 0 Å². The van der Waals surface area contributed by atoms with Gasteiger partial charge in [0.1, 0.15) is 0 Å². The van der Waals surface area contributed by atoms with Crippen molar-refractivity contribution >= 4 is 55.9 Å². The number of nitrogens with one attached hydrogen (secondary N) is 2. The lowest BCUT2D eigenvalue weighted by molar-refractivity contribution is 1.14. The molecule has 2 aliphatic heterocycles. The third-order valence-electron chi connectivity index (χ3n) is 11.3. The van der Waals surface area contributed by atoms with Crippen molar-refractivity contribution < 1.29 is 0 Å². The Balaban J connectivity index is 1.53. The van der Waals surface area contributed by atoms with Crippen LogP contribution in [0.15, 0.2) is 48.5 Å². The molecule has 4 nitrogen and oxygen atoms in total. The highest BCUT2D eigenvalue weighted by atomic mass is 32.1. The number of hydrogen-bond acceptors (Lipinski definition) is 4. The molecule has 1 aromatic carbocycles. The quantitative estimate of drug-likeness (QED) is 0.180. The molecule has 2 N–H and O–H groups in total. The van der Waals surface area contributed by atoms with E-state index in [-0.39, 0.29) is 0 Å². The van der Waals surface area contributed by atoms with Crippen molar-refractivity contribution in [2.45, 2.75) is 94.9 Å². The molecular formula is C46H48N4S2. The largest absolute Gasteiger partial charge is 0.355 e. The van der Waals surface area contributed by atoms with Crippen LogP contribution in [0.1, 0.15) is 93.7 Å². The van der Waals surface area contributed by atoms with E-state index in [1.54, 1.807) is 0 Å². The van der Waals surface area contributed by atoms with Crippen LogP contribution in [0.5, 0.6) is 0 Å². The first-order valence-corrected chi connectivity index (χ1v) is 20.5. The van der Waals surface area contributed by atoms with E-state index in [0.717, 1.165) is 70.5 Å². The first-order valence-electron chi connectivity index (χ1n) is 18.8. The summed E-state index contributed by atoms with van der Waals surface area (Å²) in [5.41, 5.74) is 24.1. The predicted molar refractivity (Wildman–Crippen MR) is 227 cm³/mol. The van der Waals surface area contributed by atoms with E-state index in [1.165, 1.54) is 86.3 Å². The molecule has 0 radical (unpaired) electrons. The van der Waals surface area contributed by atoms with Crippen LogP contribution in [0.2, 0.25) is 0 Å². The summed E-state index contributed by atoms with van der Waals surface area (Å²) in [6.07, 6.45) is 3.77. The van der Waals surface area contributed by atoms with E-state index in [2.05, 4.69) is 128 Å². The molecule has 52 heavy (non-hydrogen) atoms. The van der Waals surface area contributed by atoms with Crippen LogP contribution >= 0.6 is 22.7 Å². The number of rotatable bonds is 6. The minimum atomic E-state index is 0.936. The molecule has 0 unspecified atom stereocenters. The Hall–Kier alpha value is -4.52. The minimum Gasteiger partial charge on any atom is -0.355 e. The summed E-state index contributed by atoms with van der Waals surface area (Å²) in [5, 5.41) is 0. The van der Waals surface area contributed by atoms with Gasteiger partial charge in [-0.2, -0.15) is 0 Å². The second-order valence-corrected chi connectivity index (χ2v) is 17.3. The molecule has 0 amide bonds. The van der Waals surface area contributed by atoms with Gasteiger partial charge in [-0.05, 0) is 171 Å². The fraction of sp³-hybridized carbons (Fsp3) is 0.304. The van der Waals surface area contributed by atoms with Gasteiger partial charge in [-0.1, -0.05) is 27.7 Å². The van der Waals surface area contributed by atoms with Crippen LogP contribution < -0.4 is 0 Å². The van der Waals surface area contributed by atoms with Crippen molar-refractivity contribution in [2.24, 2.45) is 0 Å². The molecule has 0 aliphatic carbocycles. The van der Waals surface area contributed by atoms with E-state index in [0.29, 0.717) is 0 Å². The van der Waals surface area contributed by atoms with Gasteiger partial charge in [0, 0.05) is 52.7 Å². The van der Waals surface area contributed by atoms with Crippen LogP contribution in [-0.2, 0) is 12.8 Å². The first-order chi connectivity index (χ1) is 25.0. The summed E-state index contributed by atoms with van der Waals surface area (Å²) in [6, 6.07) is 18.7. The standard InChI is InChI=1S/C46H48N4S2/c1-11-29-25(7)39-19-45-37-17-35(33-15-23(5)51-27(33)9)36(34-16-24(6)52-28(34)10)18-38(37)46(50-45)20-40-26(8)30(12-2)42(48-40)22-44-32(14-4)31(13-3)43(49-44)21-41(29)47-39/h15-22,47-48H,11-14H2,1-10H3. The van der Waals surface area contributed by atoms with Crippen LogP contribution in [-0.4, -0.2) is 19.9 Å². The lowest BCUT2D eigenvalue weighted by Crippen LogP contribution is -1.89. The fourth-order valence-corrected chi connectivity index (χ4v) is 10.6. The molecule has 0 saturated carbocycles. The number of allylic oxidation sites excluding steroid dienone is 2. The van der Waals surface area contributed by atoms with Gasteiger partial charge in [-0.15, -0.1) is 22.7 Å². The smallest absolute Gasteiger partial charge is 0.0737 e. The molecule has 6 aromatic rings. The van der Waals surface area contributed by atoms with E-state index < -0.39 is 0 Å². The van der Waals surface area contributed by atoms with Crippen molar-refractivity contribution in [2.75, 3.05) is 0 Å². The van der Waals surface area contributed by atoms with Gasteiger partial charge < -0.3 is 9.97 Å². The zero-order chi connectivity index (χ0) is 36.6. The number of H-pyrrole nitrogens is 2. The molecule has 264 valence electrons. The maximum Gasteiger partial charge on any atom is 0.0737 e. The third kappa shape index (κ3) is 5.54. The number of fused-ring (bicyclic) bond motifs is 11. The number of thiophene rings is 2.